The van der Waals surface area contributed by atoms with Crippen molar-refractivity contribution < 1.29 is 4.74 Å². The Morgan fingerprint density at radius 2 is 2.00 bits per heavy atom. The van der Waals surface area contributed by atoms with E-state index in [1.165, 1.54) is 22.9 Å². The van der Waals surface area contributed by atoms with Gasteiger partial charge in [0.15, 0.2) is 0 Å². The smallest absolute Gasteiger partial charge is 0.122 e. The minimum absolute atomic E-state index is 0.667. The summed E-state index contributed by atoms with van der Waals surface area (Å²) >= 11 is 0. The average molecular weight is 231 g/mol. The van der Waals surface area contributed by atoms with E-state index in [0.717, 1.165) is 19.4 Å². The second-order valence-electron chi connectivity index (χ2n) is 4.39. The maximum absolute atomic E-state index is 5.69. The molecule has 0 bridgehead atoms. The van der Waals surface area contributed by atoms with Crippen LogP contribution in [-0.2, 0) is 17.9 Å². The molecule has 0 saturated heterocycles. The summed E-state index contributed by atoms with van der Waals surface area (Å²) in [6.07, 6.45) is 5.62. The molecule has 2 heteroatoms. The number of fused-ring (bicyclic) bond motifs is 1. The molecule has 92 valence electrons. The van der Waals surface area contributed by atoms with Crippen LogP contribution in [-0.4, -0.2) is 11.2 Å². The Labute approximate surface area is 103 Å². The molecule has 0 fully saturated rings. The van der Waals surface area contributed by atoms with Crippen molar-refractivity contribution in [3.63, 3.8) is 0 Å². The molecule has 1 heterocycles. The van der Waals surface area contributed by atoms with Crippen molar-refractivity contribution in [3.05, 3.63) is 36.0 Å². The zero-order chi connectivity index (χ0) is 12.1. The van der Waals surface area contributed by atoms with Gasteiger partial charge in [-0.1, -0.05) is 38.5 Å². The molecule has 2 nitrogen and oxygen atoms in total. The van der Waals surface area contributed by atoms with Crippen LogP contribution in [0.25, 0.3) is 10.9 Å². The predicted molar refractivity (Wildman–Crippen MR) is 72.2 cm³/mol. The minimum Gasteiger partial charge on any atom is -0.361 e. The predicted octanol–water partition coefficient (Wildman–Crippen LogP) is 3.98. The first-order valence-corrected chi connectivity index (χ1v) is 6.51. The van der Waals surface area contributed by atoms with Crippen molar-refractivity contribution in [2.75, 3.05) is 6.61 Å². The third kappa shape index (κ3) is 2.70. The molecule has 0 aliphatic carbocycles. The summed E-state index contributed by atoms with van der Waals surface area (Å²) in [5.41, 5.74) is 2.68. The zero-order valence-corrected chi connectivity index (χ0v) is 10.8. The third-order valence-electron chi connectivity index (χ3n) is 3.12. The Kier molecular flexibility index (Phi) is 4.21. The van der Waals surface area contributed by atoms with Gasteiger partial charge in [0.2, 0.25) is 0 Å². The van der Waals surface area contributed by atoms with Crippen LogP contribution in [0, 0.1) is 0 Å². The van der Waals surface area contributed by atoms with Crippen molar-refractivity contribution in [3.8, 4) is 0 Å². The number of nitrogens with zero attached hydrogens (tertiary/aromatic N) is 1. The first kappa shape index (κ1) is 12.2. The summed E-state index contributed by atoms with van der Waals surface area (Å²) in [5, 5.41) is 1.36. The Bertz CT molecular complexity index is 473. The van der Waals surface area contributed by atoms with Crippen LogP contribution in [0.4, 0.5) is 0 Å². The second-order valence-corrected chi connectivity index (χ2v) is 4.39. The first-order valence-electron chi connectivity index (χ1n) is 6.51. The molecule has 1 aromatic heterocycles. The number of rotatable bonds is 6. The lowest BCUT2D eigenvalue weighted by Gasteiger charge is -2.06. The fourth-order valence-electron chi connectivity index (χ4n) is 2.12. The monoisotopic (exact) mass is 231 g/mol. The van der Waals surface area contributed by atoms with Gasteiger partial charge in [-0.3, -0.25) is 0 Å². The maximum Gasteiger partial charge on any atom is 0.122 e. The number of unbranched alkanes of at least 4 members (excludes halogenated alkanes) is 1. The molecule has 0 unspecified atom stereocenters. The van der Waals surface area contributed by atoms with Crippen molar-refractivity contribution in [2.45, 2.75) is 39.8 Å². The molecule has 0 atom stereocenters. The van der Waals surface area contributed by atoms with E-state index in [9.17, 15) is 0 Å². The summed E-state index contributed by atoms with van der Waals surface area (Å²) in [7, 11) is 0. The fourth-order valence-corrected chi connectivity index (χ4v) is 2.12. The largest absolute Gasteiger partial charge is 0.361 e. The van der Waals surface area contributed by atoms with E-state index in [0.29, 0.717) is 6.73 Å². The summed E-state index contributed by atoms with van der Waals surface area (Å²) in [6, 6.07) is 8.54. The Balaban J connectivity index is 2.16. The van der Waals surface area contributed by atoms with Gasteiger partial charge in [0.1, 0.15) is 6.73 Å². The lowest BCUT2D eigenvalue weighted by molar-refractivity contribution is 0.0776. The van der Waals surface area contributed by atoms with Crippen molar-refractivity contribution in [1.82, 2.24) is 4.57 Å². The van der Waals surface area contributed by atoms with Crippen LogP contribution in [0.15, 0.2) is 30.5 Å². The molecule has 0 spiro atoms. The average Bonchev–Trinajstić information content (AvgIpc) is 2.73. The van der Waals surface area contributed by atoms with Crippen LogP contribution in [0.2, 0.25) is 0 Å². The van der Waals surface area contributed by atoms with Crippen LogP contribution >= 0.6 is 0 Å². The van der Waals surface area contributed by atoms with Gasteiger partial charge in [-0.15, -0.1) is 0 Å². The number of para-hydroxylation sites is 1. The van der Waals surface area contributed by atoms with Gasteiger partial charge in [-0.2, -0.15) is 0 Å². The Morgan fingerprint density at radius 3 is 2.76 bits per heavy atom. The molecule has 1 aromatic carbocycles. The van der Waals surface area contributed by atoms with E-state index in [1.807, 2.05) is 0 Å². The van der Waals surface area contributed by atoms with Crippen molar-refractivity contribution in [1.29, 1.82) is 0 Å². The number of ether oxygens (including phenoxy) is 1. The first-order chi connectivity index (χ1) is 8.36. The van der Waals surface area contributed by atoms with E-state index in [1.54, 1.807) is 0 Å². The molecule has 0 aliphatic heterocycles. The Morgan fingerprint density at radius 1 is 1.18 bits per heavy atom. The van der Waals surface area contributed by atoms with Crippen molar-refractivity contribution >= 4 is 10.9 Å². The lowest BCUT2D eigenvalue weighted by atomic mass is 10.1. The van der Waals surface area contributed by atoms with Gasteiger partial charge in [0, 0.05) is 18.2 Å². The van der Waals surface area contributed by atoms with Gasteiger partial charge in [-0.25, -0.2) is 0 Å². The van der Waals surface area contributed by atoms with E-state index >= 15 is 0 Å². The molecule has 0 saturated carbocycles. The fraction of sp³-hybridized carbons (Fsp3) is 0.467. The maximum atomic E-state index is 5.69. The normalized spacial score (nSPS) is 11.2. The molecule has 0 radical (unpaired) electrons. The third-order valence-corrected chi connectivity index (χ3v) is 3.12. The number of hydrogen-bond donors (Lipinski definition) is 0. The van der Waals surface area contributed by atoms with E-state index in [2.05, 4.69) is 48.9 Å². The number of aryl methyl sites for hydroxylation is 1. The van der Waals surface area contributed by atoms with Gasteiger partial charge in [-0.05, 0) is 24.5 Å². The van der Waals surface area contributed by atoms with Gasteiger partial charge in [0.05, 0.1) is 5.52 Å². The summed E-state index contributed by atoms with van der Waals surface area (Å²) in [4.78, 5) is 0. The lowest BCUT2D eigenvalue weighted by Crippen LogP contribution is -2.02. The van der Waals surface area contributed by atoms with Gasteiger partial charge in [0.25, 0.3) is 0 Å². The molecular weight excluding hydrogens is 210 g/mol. The molecular formula is C15H21NO. The highest BCUT2D eigenvalue weighted by Crippen LogP contribution is 2.21. The summed E-state index contributed by atoms with van der Waals surface area (Å²) in [6.45, 7) is 5.90. The van der Waals surface area contributed by atoms with Gasteiger partial charge < -0.3 is 9.30 Å². The second kappa shape index (κ2) is 5.87. The van der Waals surface area contributed by atoms with Crippen molar-refractivity contribution in [2.24, 2.45) is 0 Å². The summed E-state index contributed by atoms with van der Waals surface area (Å²) < 4.78 is 7.90. The standard InChI is InChI=1S/C15H21NO/c1-3-5-10-17-12-16-11-13(4-2)14-8-6-7-9-15(14)16/h6-9,11H,3-5,10,12H2,1-2H3. The molecule has 0 aliphatic rings. The zero-order valence-electron chi connectivity index (χ0n) is 10.8. The van der Waals surface area contributed by atoms with Crippen LogP contribution in [0.1, 0.15) is 32.3 Å². The highest BCUT2D eigenvalue weighted by Gasteiger charge is 2.05. The minimum atomic E-state index is 0.667. The number of benzene rings is 1. The van der Waals surface area contributed by atoms with Gasteiger partial charge >= 0.3 is 0 Å². The molecule has 2 aromatic rings. The van der Waals surface area contributed by atoms with Crippen LogP contribution in [0.3, 0.4) is 0 Å². The number of aromatic nitrogens is 1. The summed E-state index contributed by atoms with van der Waals surface area (Å²) in [5.74, 6) is 0. The van der Waals surface area contributed by atoms with E-state index in [-0.39, 0.29) is 0 Å². The van der Waals surface area contributed by atoms with E-state index < -0.39 is 0 Å². The number of hydrogen-bond acceptors (Lipinski definition) is 1. The molecule has 0 N–H and O–H groups in total. The van der Waals surface area contributed by atoms with Crippen LogP contribution < -0.4 is 0 Å². The van der Waals surface area contributed by atoms with E-state index in [4.69, 9.17) is 4.74 Å². The topological polar surface area (TPSA) is 14.2 Å². The molecule has 0 amide bonds. The SMILES string of the molecule is CCCCOCn1cc(CC)c2ccccc21. The molecule has 2 rings (SSSR count). The highest BCUT2D eigenvalue weighted by molar-refractivity contribution is 5.83. The Hall–Kier alpha value is -1.28. The van der Waals surface area contributed by atoms with Crippen LogP contribution in [0.5, 0.6) is 0 Å². The molecule has 17 heavy (non-hydrogen) atoms. The highest BCUT2D eigenvalue weighted by atomic mass is 16.5. The quantitative estimate of drug-likeness (QED) is 0.686.